The van der Waals surface area contributed by atoms with E-state index in [2.05, 4.69) is 50.9 Å². The Morgan fingerprint density at radius 1 is 0.842 bits per heavy atom. The van der Waals surface area contributed by atoms with Crippen molar-refractivity contribution in [1.29, 1.82) is 0 Å². The van der Waals surface area contributed by atoms with Gasteiger partial charge in [-0.25, -0.2) is 0 Å². The number of hydrogen-bond donors (Lipinski definition) is 0. The molecule has 0 amide bonds. The van der Waals surface area contributed by atoms with Gasteiger partial charge in [-0.3, -0.25) is 9.34 Å². The highest BCUT2D eigenvalue weighted by Gasteiger charge is 2.52. The largest absolute Gasteiger partial charge is 0.473 e. The second kappa shape index (κ2) is 3.94. The van der Waals surface area contributed by atoms with Crippen molar-refractivity contribution in [2.24, 2.45) is 10.8 Å². The minimum Gasteiger partial charge on any atom is -0.473 e. The molecule has 0 aromatic carbocycles. The van der Waals surface area contributed by atoms with Gasteiger partial charge in [0.25, 0.3) is 11.8 Å². The van der Waals surface area contributed by atoms with Crippen LogP contribution >= 0.6 is 8.88 Å². The van der Waals surface area contributed by atoms with Crippen LogP contribution < -0.4 is 0 Å². The van der Waals surface area contributed by atoms with E-state index < -0.39 is 0 Å². The summed E-state index contributed by atoms with van der Waals surface area (Å²) in [5.74, 6) is 1.95. The monoisotopic (exact) mass is 284 g/mol. The van der Waals surface area contributed by atoms with E-state index in [9.17, 15) is 0 Å². The summed E-state index contributed by atoms with van der Waals surface area (Å²) >= 11 is 0. The maximum atomic E-state index is 5.94. The zero-order valence-corrected chi connectivity index (χ0v) is 13.8. The van der Waals surface area contributed by atoms with Crippen LogP contribution in [0, 0.1) is 10.8 Å². The molecule has 0 N–H and O–H groups in total. The fraction of sp³-hybridized carbons (Fsp3) is 0.857. The molecule has 19 heavy (non-hydrogen) atoms. The van der Waals surface area contributed by atoms with Crippen molar-refractivity contribution in [2.75, 3.05) is 13.2 Å². The van der Waals surface area contributed by atoms with Crippen LogP contribution in [0.1, 0.15) is 41.5 Å². The summed E-state index contributed by atoms with van der Waals surface area (Å²) in [4.78, 5) is 0. The Balaban J connectivity index is 1.87. The molecule has 2 saturated heterocycles. The summed E-state index contributed by atoms with van der Waals surface area (Å²) in [5, 5.41) is 0. The average Bonchev–Trinajstić information content (AvgIpc) is 2.80. The molecule has 0 saturated carbocycles. The van der Waals surface area contributed by atoms with Crippen LogP contribution in [0.3, 0.4) is 0 Å². The van der Waals surface area contributed by atoms with E-state index in [-0.39, 0.29) is 10.8 Å². The number of fused-ring (bicyclic) bond motifs is 2. The fourth-order valence-corrected chi connectivity index (χ4v) is 4.77. The maximum Gasteiger partial charge on any atom is 0.257 e. The molecule has 0 bridgehead atoms. The highest BCUT2D eigenvalue weighted by molar-refractivity contribution is 7.33. The Labute approximate surface area is 118 Å². The quantitative estimate of drug-likeness (QED) is 0.638. The summed E-state index contributed by atoms with van der Waals surface area (Å²) in [5.41, 5.74) is 0.457. The molecule has 3 rings (SSSR count). The molecular weight excluding hydrogens is 259 g/mol. The Kier molecular flexibility index (Phi) is 2.77. The van der Waals surface area contributed by atoms with Crippen molar-refractivity contribution in [1.82, 2.24) is 9.34 Å². The second-order valence-corrected chi connectivity index (χ2v) is 9.00. The van der Waals surface area contributed by atoms with Gasteiger partial charge in [-0.1, -0.05) is 41.5 Å². The molecule has 0 spiro atoms. The first kappa shape index (κ1) is 13.4. The van der Waals surface area contributed by atoms with Crippen molar-refractivity contribution < 1.29 is 9.47 Å². The molecule has 5 heteroatoms. The molecule has 2 fully saturated rings. The molecule has 108 valence electrons. The molecule has 0 aromatic heterocycles. The third-order valence-electron chi connectivity index (χ3n) is 4.21. The molecular formula is C14H25N2O2P. The van der Waals surface area contributed by atoms with Gasteiger partial charge in [-0.05, 0) is 10.8 Å². The SMILES string of the molecule is CC(C)(C)[C@H]1COC2=C3OC[C@H](C(C)(C)C)N3PN21. The van der Waals surface area contributed by atoms with Crippen LogP contribution in [-0.4, -0.2) is 34.6 Å². The van der Waals surface area contributed by atoms with Crippen LogP contribution in [0.5, 0.6) is 0 Å². The van der Waals surface area contributed by atoms with Crippen molar-refractivity contribution in [3.8, 4) is 0 Å². The molecule has 3 aliphatic heterocycles. The number of rotatable bonds is 0. The summed E-state index contributed by atoms with van der Waals surface area (Å²) in [6.07, 6.45) is 0. The van der Waals surface area contributed by atoms with Crippen molar-refractivity contribution >= 4 is 8.88 Å². The Bertz CT molecular complexity index is 384. The third-order valence-corrected chi connectivity index (χ3v) is 5.68. The highest BCUT2D eigenvalue weighted by Crippen LogP contribution is 2.55. The first-order valence-electron chi connectivity index (χ1n) is 7.04. The smallest absolute Gasteiger partial charge is 0.257 e. The molecule has 2 atom stereocenters. The van der Waals surface area contributed by atoms with Gasteiger partial charge in [0.05, 0.1) is 21.0 Å². The van der Waals surface area contributed by atoms with E-state index in [1.165, 1.54) is 0 Å². The van der Waals surface area contributed by atoms with Crippen LogP contribution in [0.2, 0.25) is 0 Å². The van der Waals surface area contributed by atoms with E-state index in [4.69, 9.17) is 9.47 Å². The van der Waals surface area contributed by atoms with Crippen molar-refractivity contribution in [3.05, 3.63) is 11.8 Å². The fourth-order valence-electron chi connectivity index (χ4n) is 2.84. The molecule has 4 nitrogen and oxygen atoms in total. The lowest BCUT2D eigenvalue weighted by Crippen LogP contribution is -2.39. The number of nitrogens with zero attached hydrogens (tertiary/aromatic N) is 2. The highest BCUT2D eigenvalue weighted by atomic mass is 31.1. The van der Waals surface area contributed by atoms with Crippen LogP contribution in [0.15, 0.2) is 11.8 Å². The Morgan fingerprint density at radius 3 is 1.53 bits per heavy atom. The van der Waals surface area contributed by atoms with Gasteiger partial charge >= 0.3 is 0 Å². The minimum atomic E-state index is 0.228. The topological polar surface area (TPSA) is 24.9 Å². The van der Waals surface area contributed by atoms with Crippen LogP contribution in [-0.2, 0) is 9.47 Å². The van der Waals surface area contributed by atoms with E-state index in [0.29, 0.717) is 21.0 Å². The van der Waals surface area contributed by atoms with Gasteiger partial charge in [0.2, 0.25) is 0 Å². The van der Waals surface area contributed by atoms with Gasteiger partial charge < -0.3 is 9.47 Å². The van der Waals surface area contributed by atoms with Crippen molar-refractivity contribution in [3.63, 3.8) is 0 Å². The lowest BCUT2D eigenvalue weighted by atomic mass is 9.88. The Morgan fingerprint density at radius 2 is 1.21 bits per heavy atom. The standard InChI is InChI=1S/C14H25N2O2P/c1-13(2,3)9-7-17-11-12-16(19-15(9)11)10(8-18-12)14(4,5)6/h9-10,19H,7-8H2,1-6H3/t9-,10-/m1/s1. The van der Waals surface area contributed by atoms with Gasteiger partial charge in [0.15, 0.2) is 0 Å². The van der Waals surface area contributed by atoms with Crippen LogP contribution in [0.4, 0.5) is 0 Å². The summed E-state index contributed by atoms with van der Waals surface area (Å²) < 4.78 is 16.7. The predicted molar refractivity (Wildman–Crippen MR) is 77.4 cm³/mol. The lowest BCUT2D eigenvalue weighted by Gasteiger charge is -2.36. The van der Waals surface area contributed by atoms with E-state index >= 15 is 0 Å². The zero-order valence-electron chi connectivity index (χ0n) is 12.8. The average molecular weight is 284 g/mol. The summed E-state index contributed by atoms with van der Waals surface area (Å²) in [6, 6.07) is 0.895. The van der Waals surface area contributed by atoms with Crippen molar-refractivity contribution in [2.45, 2.75) is 53.6 Å². The van der Waals surface area contributed by atoms with Gasteiger partial charge in [-0.2, -0.15) is 0 Å². The normalized spacial score (nSPS) is 30.4. The summed E-state index contributed by atoms with van der Waals surface area (Å²) in [6.45, 7) is 15.3. The second-order valence-electron chi connectivity index (χ2n) is 7.84. The van der Waals surface area contributed by atoms with Gasteiger partial charge in [0, 0.05) is 0 Å². The first-order chi connectivity index (χ1) is 8.69. The molecule has 0 aliphatic carbocycles. The Hall–Kier alpha value is -0.630. The molecule has 0 radical (unpaired) electrons. The maximum absolute atomic E-state index is 5.94. The zero-order chi connectivity index (χ0) is 14.0. The minimum absolute atomic E-state index is 0.228. The van der Waals surface area contributed by atoms with E-state index in [0.717, 1.165) is 25.0 Å². The summed E-state index contributed by atoms with van der Waals surface area (Å²) in [7, 11) is 0.627. The molecule has 3 heterocycles. The molecule has 0 aromatic rings. The van der Waals surface area contributed by atoms with Gasteiger partial charge in [-0.15, -0.1) is 0 Å². The third kappa shape index (κ3) is 1.99. The lowest BCUT2D eigenvalue weighted by molar-refractivity contribution is 0.179. The van der Waals surface area contributed by atoms with E-state index in [1.54, 1.807) is 0 Å². The van der Waals surface area contributed by atoms with E-state index in [1.807, 2.05) is 0 Å². The predicted octanol–water partition coefficient (Wildman–Crippen LogP) is 3.13. The molecule has 0 unspecified atom stereocenters. The van der Waals surface area contributed by atoms with Gasteiger partial charge in [0.1, 0.15) is 13.2 Å². The van der Waals surface area contributed by atoms with Crippen LogP contribution in [0.25, 0.3) is 0 Å². The number of hydrogen-bond acceptors (Lipinski definition) is 4. The first-order valence-corrected chi connectivity index (χ1v) is 7.93. The molecule has 3 aliphatic rings. The number of ether oxygens (including phenoxy) is 2.